The lowest BCUT2D eigenvalue weighted by molar-refractivity contribution is 0.354. The Balaban J connectivity index is 2.45. The molecule has 0 atom stereocenters. The summed E-state index contributed by atoms with van der Waals surface area (Å²) in [7, 11) is 3.31. The molecule has 0 heterocycles. The fourth-order valence-corrected chi connectivity index (χ4v) is 2.74. The minimum Gasteiger partial charge on any atom is -0.493 e. The SMILES string of the molecule is CCNC(=NCCCCSC)NCCc1ccc(OC)c(OC)c1. The number of hydrogen-bond donors (Lipinski definition) is 2. The zero-order chi connectivity index (χ0) is 17.6. The minimum atomic E-state index is 0.759. The number of guanidine groups is 1. The molecule has 0 radical (unpaired) electrons. The standard InChI is InChI=1S/C18H31N3O2S/c1-5-19-18(20-11-6-7-13-24-4)21-12-10-15-8-9-16(22-2)17(14-15)23-3/h8-9,14H,5-7,10-13H2,1-4H3,(H2,19,20,21). The van der Waals surface area contributed by atoms with Gasteiger partial charge in [-0.1, -0.05) is 6.07 Å². The average Bonchev–Trinajstić information content (AvgIpc) is 2.61. The number of ether oxygens (including phenoxy) is 2. The van der Waals surface area contributed by atoms with E-state index in [1.54, 1.807) is 14.2 Å². The van der Waals surface area contributed by atoms with Crippen molar-refractivity contribution in [2.24, 2.45) is 4.99 Å². The molecule has 2 N–H and O–H groups in total. The Morgan fingerprint density at radius 1 is 1.12 bits per heavy atom. The molecule has 0 aromatic heterocycles. The van der Waals surface area contributed by atoms with Crippen molar-refractivity contribution in [3.05, 3.63) is 23.8 Å². The Bertz CT molecular complexity index is 495. The number of nitrogens with zero attached hydrogens (tertiary/aromatic N) is 1. The molecule has 0 saturated heterocycles. The van der Waals surface area contributed by atoms with Crippen molar-refractivity contribution >= 4 is 17.7 Å². The largest absolute Gasteiger partial charge is 0.493 e. The van der Waals surface area contributed by atoms with E-state index < -0.39 is 0 Å². The van der Waals surface area contributed by atoms with Crippen LogP contribution in [0.1, 0.15) is 25.3 Å². The van der Waals surface area contributed by atoms with Crippen LogP contribution in [0.3, 0.4) is 0 Å². The van der Waals surface area contributed by atoms with Gasteiger partial charge in [-0.2, -0.15) is 11.8 Å². The van der Waals surface area contributed by atoms with Crippen LogP contribution in [0, 0.1) is 0 Å². The molecule has 0 bridgehead atoms. The van der Waals surface area contributed by atoms with Crippen molar-refractivity contribution in [2.45, 2.75) is 26.2 Å². The number of nitrogens with one attached hydrogen (secondary N) is 2. The van der Waals surface area contributed by atoms with Gasteiger partial charge >= 0.3 is 0 Å². The first-order chi connectivity index (χ1) is 11.7. The third-order valence-corrected chi connectivity index (χ3v) is 4.22. The zero-order valence-corrected chi connectivity index (χ0v) is 16.2. The summed E-state index contributed by atoms with van der Waals surface area (Å²) in [6.07, 6.45) is 5.39. The number of methoxy groups -OCH3 is 2. The lowest BCUT2D eigenvalue weighted by atomic mass is 10.1. The highest BCUT2D eigenvalue weighted by atomic mass is 32.2. The van der Waals surface area contributed by atoms with Crippen LogP contribution >= 0.6 is 11.8 Å². The summed E-state index contributed by atoms with van der Waals surface area (Å²) < 4.78 is 10.6. The first kappa shape index (κ1) is 20.5. The maximum absolute atomic E-state index is 5.34. The topological polar surface area (TPSA) is 54.9 Å². The summed E-state index contributed by atoms with van der Waals surface area (Å²) in [5.41, 5.74) is 1.20. The summed E-state index contributed by atoms with van der Waals surface area (Å²) in [4.78, 5) is 4.62. The van der Waals surface area contributed by atoms with E-state index in [2.05, 4.69) is 34.9 Å². The van der Waals surface area contributed by atoms with E-state index in [9.17, 15) is 0 Å². The first-order valence-corrected chi connectivity index (χ1v) is 9.86. The van der Waals surface area contributed by atoms with E-state index in [-0.39, 0.29) is 0 Å². The van der Waals surface area contributed by atoms with Gasteiger partial charge < -0.3 is 20.1 Å². The number of thioether (sulfide) groups is 1. The number of rotatable bonds is 11. The van der Waals surface area contributed by atoms with Crippen LogP contribution in [0.2, 0.25) is 0 Å². The van der Waals surface area contributed by atoms with Gasteiger partial charge in [-0.3, -0.25) is 4.99 Å². The summed E-state index contributed by atoms with van der Waals surface area (Å²) in [5.74, 6) is 3.62. The Hall–Kier alpha value is -1.56. The van der Waals surface area contributed by atoms with E-state index in [0.29, 0.717) is 0 Å². The van der Waals surface area contributed by atoms with Gasteiger partial charge in [-0.25, -0.2) is 0 Å². The van der Waals surface area contributed by atoms with Gasteiger partial charge in [0.2, 0.25) is 0 Å². The highest BCUT2D eigenvalue weighted by molar-refractivity contribution is 7.98. The molecule has 5 nitrogen and oxygen atoms in total. The van der Waals surface area contributed by atoms with Crippen LogP contribution in [0.25, 0.3) is 0 Å². The van der Waals surface area contributed by atoms with Crippen molar-refractivity contribution < 1.29 is 9.47 Å². The van der Waals surface area contributed by atoms with Gasteiger partial charge in [0.15, 0.2) is 17.5 Å². The van der Waals surface area contributed by atoms with Crippen molar-refractivity contribution in [3.63, 3.8) is 0 Å². The molecule has 1 aromatic rings. The third kappa shape index (κ3) is 7.81. The minimum absolute atomic E-state index is 0.759. The molecule has 6 heteroatoms. The van der Waals surface area contributed by atoms with Gasteiger partial charge in [0, 0.05) is 19.6 Å². The molecule has 0 amide bonds. The Morgan fingerprint density at radius 3 is 2.58 bits per heavy atom. The summed E-state index contributed by atoms with van der Waals surface area (Å²) >= 11 is 1.89. The maximum Gasteiger partial charge on any atom is 0.191 e. The molecule has 0 unspecified atom stereocenters. The molecule has 1 aromatic carbocycles. The normalized spacial score (nSPS) is 11.2. The molecule has 0 spiro atoms. The maximum atomic E-state index is 5.34. The van der Waals surface area contributed by atoms with Crippen molar-refractivity contribution in [1.82, 2.24) is 10.6 Å². The third-order valence-electron chi connectivity index (χ3n) is 3.52. The second kappa shape index (κ2) is 12.8. The Labute approximate surface area is 150 Å². The number of unbranched alkanes of at least 4 members (excludes halogenated alkanes) is 1. The molecule has 0 fully saturated rings. The van der Waals surface area contributed by atoms with Crippen molar-refractivity contribution in [3.8, 4) is 11.5 Å². The molecular weight excluding hydrogens is 322 g/mol. The number of benzene rings is 1. The lowest BCUT2D eigenvalue weighted by Gasteiger charge is -2.12. The Morgan fingerprint density at radius 2 is 1.92 bits per heavy atom. The first-order valence-electron chi connectivity index (χ1n) is 8.47. The zero-order valence-electron chi connectivity index (χ0n) is 15.4. The van der Waals surface area contributed by atoms with Crippen LogP contribution in [0.5, 0.6) is 11.5 Å². The molecule has 0 aliphatic rings. The van der Waals surface area contributed by atoms with E-state index in [0.717, 1.165) is 49.9 Å². The molecule has 136 valence electrons. The van der Waals surface area contributed by atoms with Crippen LogP contribution in [0.15, 0.2) is 23.2 Å². The highest BCUT2D eigenvalue weighted by Crippen LogP contribution is 2.27. The monoisotopic (exact) mass is 353 g/mol. The predicted octanol–water partition coefficient (Wildman–Crippen LogP) is 2.94. The fourth-order valence-electron chi connectivity index (χ4n) is 2.25. The molecular formula is C18H31N3O2S. The molecule has 24 heavy (non-hydrogen) atoms. The van der Waals surface area contributed by atoms with E-state index in [1.165, 1.54) is 17.7 Å². The summed E-state index contributed by atoms with van der Waals surface area (Å²) in [6.45, 7) is 4.64. The summed E-state index contributed by atoms with van der Waals surface area (Å²) in [5, 5.41) is 6.68. The van der Waals surface area contributed by atoms with Crippen molar-refractivity contribution in [1.29, 1.82) is 0 Å². The molecule has 0 aliphatic carbocycles. The fraction of sp³-hybridized carbons (Fsp3) is 0.611. The van der Waals surface area contributed by atoms with E-state index in [1.807, 2.05) is 23.9 Å². The summed E-state index contributed by atoms with van der Waals surface area (Å²) in [6, 6.07) is 6.03. The van der Waals surface area contributed by atoms with Crippen LogP contribution in [0.4, 0.5) is 0 Å². The van der Waals surface area contributed by atoms with E-state index in [4.69, 9.17) is 9.47 Å². The lowest BCUT2D eigenvalue weighted by Crippen LogP contribution is -2.38. The van der Waals surface area contributed by atoms with Gasteiger partial charge in [0.05, 0.1) is 14.2 Å². The molecule has 0 saturated carbocycles. The van der Waals surface area contributed by atoms with Crippen LogP contribution < -0.4 is 20.1 Å². The second-order valence-corrected chi connectivity index (χ2v) is 6.31. The van der Waals surface area contributed by atoms with Crippen molar-refractivity contribution in [2.75, 3.05) is 45.9 Å². The van der Waals surface area contributed by atoms with Gasteiger partial charge in [0.1, 0.15) is 0 Å². The second-order valence-electron chi connectivity index (χ2n) is 5.33. The quantitative estimate of drug-likeness (QED) is 0.364. The van der Waals surface area contributed by atoms with Gasteiger partial charge in [-0.15, -0.1) is 0 Å². The smallest absolute Gasteiger partial charge is 0.191 e. The highest BCUT2D eigenvalue weighted by Gasteiger charge is 2.04. The number of aliphatic imine (C=N–C) groups is 1. The number of hydrogen-bond acceptors (Lipinski definition) is 4. The average molecular weight is 354 g/mol. The van der Waals surface area contributed by atoms with Crippen LogP contribution in [-0.4, -0.2) is 51.8 Å². The van der Waals surface area contributed by atoms with E-state index >= 15 is 0 Å². The van der Waals surface area contributed by atoms with Crippen LogP contribution in [-0.2, 0) is 6.42 Å². The molecule has 1 rings (SSSR count). The van der Waals surface area contributed by atoms with Gasteiger partial charge in [0.25, 0.3) is 0 Å². The van der Waals surface area contributed by atoms with Gasteiger partial charge in [-0.05, 0) is 55.9 Å². The molecule has 0 aliphatic heterocycles. The Kier molecular flexibility index (Phi) is 10.9. The predicted molar refractivity (Wildman–Crippen MR) is 105 cm³/mol.